The van der Waals surface area contributed by atoms with E-state index in [1.54, 1.807) is 18.2 Å². The van der Waals surface area contributed by atoms with E-state index < -0.39 is 22.8 Å². The van der Waals surface area contributed by atoms with Crippen molar-refractivity contribution in [1.29, 1.82) is 0 Å². The minimum atomic E-state index is -0.891. The van der Waals surface area contributed by atoms with E-state index in [9.17, 15) is 19.7 Å². The Morgan fingerprint density at radius 1 is 1.19 bits per heavy atom. The van der Waals surface area contributed by atoms with E-state index in [2.05, 4.69) is 10.6 Å². The fraction of sp³-hybridized carbons (Fsp3) is 0.176. The van der Waals surface area contributed by atoms with Gasteiger partial charge in [0.1, 0.15) is 11.1 Å². The second-order valence-corrected chi connectivity index (χ2v) is 6.08. The van der Waals surface area contributed by atoms with Crippen LogP contribution in [0.5, 0.6) is 11.5 Å². The lowest BCUT2D eigenvalue weighted by Gasteiger charge is -2.14. The van der Waals surface area contributed by atoms with Gasteiger partial charge in [0.2, 0.25) is 12.7 Å². The third-order valence-electron chi connectivity index (χ3n) is 3.79. The molecule has 27 heavy (non-hydrogen) atoms. The van der Waals surface area contributed by atoms with Crippen molar-refractivity contribution in [3.8, 4) is 11.5 Å². The molecule has 2 amide bonds. The summed E-state index contributed by atoms with van der Waals surface area (Å²) in [4.78, 5) is 34.8. The van der Waals surface area contributed by atoms with E-state index in [1.165, 1.54) is 19.1 Å². The maximum atomic E-state index is 12.3. The molecule has 0 aliphatic carbocycles. The summed E-state index contributed by atoms with van der Waals surface area (Å²) in [6.45, 7) is 1.61. The van der Waals surface area contributed by atoms with Gasteiger partial charge in [-0.1, -0.05) is 11.6 Å². The van der Waals surface area contributed by atoms with Crippen molar-refractivity contribution in [3.05, 3.63) is 57.1 Å². The standard InChI is InChI=1S/C17H14ClN3O6/c1-9(16(22)20-11-3-5-14-15(7-11)27-8-26-14)19-17(23)10-2-4-12(18)13(6-10)21(24)25/h2-7,9H,8H2,1H3,(H,19,23)(H,20,22)/t9-/m0/s1. The van der Waals surface area contributed by atoms with Gasteiger partial charge in [-0.05, 0) is 31.2 Å². The van der Waals surface area contributed by atoms with Gasteiger partial charge in [0, 0.05) is 23.4 Å². The molecule has 2 aromatic carbocycles. The van der Waals surface area contributed by atoms with Gasteiger partial charge in [-0.3, -0.25) is 19.7 Å². The number of ether oxygens (including phenoxy) is 2. The number of benzene rings is 2. The lowest BCUT2D eigenvalue weighted by atomic mass is 10.1. The monoisotopic (exact) mass is 391 g/mol. The predicted molar refractivity (Wildman–Crippen MR) is 96.2 cm³/mol. The summed E-state index contributed by atoms with van der Waals surface area (Å²) in [6.07, 6.45) is 0. The van der Waals surface area contributed by atoms with Gasteiger partial charge in [-0.25, -0.2) is 0 Å². The molecular formula is C17H14ClN3O6. The summed E-state index contributed by atoms with van der Waals surface area (Å²) < 4.78 is 10.4. The highest BCUT2D eigenvalue weighted by Gasteiger charge is 2.21. The molecule has 0 fully saturated rings. The van der Waals surface area contributed by atoms with E-state index in [1.807, 2.05) is 0 Å². The first-order chi connectivity index (χ1) is 12.8. The quantitative estimate of drug-likeness (QED) is 0.597. The summed E-state index contributed by atoms with van der Waals surface area (Å²) >= 11 is 5.73. The maximum absolute atomic E-state index is 12.3. The zero-order valence-electron chi connectivity index (χ0n) is 14.0. The van der Waals surface area contributed by atoms with Crippen LogP contribution < -0.4 is 20.1 Å². The fourth-order valence-corrected chi connectivity index (χ4v) is 2.55. The number of hydrogen-bond donors (Lipinski definition) is 2. The van der Waals surface area contributed by atoms with Crippen LogP contribution in [0.15, 0.2) is 36.4 Å². The van der Waals surface area contributed by atoms with Gasteiger partial charge >= 0.3 is 0 Å². The van der Waals surface area contributed by atoms with Gasteiger partial charge in [-0.2, -0.15) is 0 Å². The maximum Gasteiger partial charge on any atom is 0.288 e. The molecule has 1 heterocycles. The molecule has 10 heteroatoms. The van der Waals surface area contributed by atoms with Crippen LogP contribution in [0.3, 0.4) is 0 Å². The van der Waals surface area contributed by atoms with E-state index in [4.69, 9.17) is 21.1 Å². The van der Waals surface area contributed by atoms with Crippen LogP contribution >= 0.6 is 11.6 Å². The minimum absolute atomic E-state index is 0.0221. The average molecular weight is 392 g/mol. The molecule has 0 bridgehead atoms. The van der Waals surface area contributed by atoms with E-state index in [-0.39, 0.29) is 23.1 Å². The van der Waals surface area contributed by atoms with Gasteiger partial charge in [0.25, 0.3) is 11.6 Å². The third-order valence-corrected chi connectivity index (χ3v) is 4.11. The van der Waals surface area contributed by atoms with Crippen LogP contribution in [0.25, 0.3) is 0 Å². The number of anilines is 1. The second kappa shape index (κ2) is 7.50. The van der Waals surface area contributed by atoms with Gasteiger partial charge < -0.3 is 20.1 Å². The van der Waals surface area contributed by atoms with Gasteiger partial charge in [0.05, 0.1) is 4.92 Å². The largest absolute Gasteiger partial charge is 0.454 e. The molecule has 2 N–H and O–H groups in total. The normalized spacial score (nSPS) is 13.0. The van der Waals surface area contributed by atoms with E-state index >= 15 is 0 Å². The molecule has 0 radical (unpaired) electrons. The zero-order chi connectivity index (χ0) is 19.6. The van der Waals surface area contributed by atoms with E-state index in [0.29, 0.717) is 17.2 Å². The number of hydrogen-bond acceptors (Lipinski definition) is 6. The molecule has 0 unspecified atom stereocenters. The lowest BCUT2D eigenvalue weighted by molar-refractivity contribution is -0.384. The summed E-state index contributed by atoms with van der Waals surface area (Å²) in [5, 5.41) is 16.0. The van der Waals surface area contributed by atoms with Crippen molar-refractivity contribution in [1.82, 2.24) is 5.32 Å². The van der Waals surface area contributed by atoms with Crippen LogP contribution in [0, 0.1) is 10.1 Å². The number of rotatable bonds is 5. The SMILES string of the molecule is C[C@H](NC(=O)c1ccc(Cl)c([N+](=O)[O-])c1)C(=O)Nc1ccc2c(c1)OCO2. The molecular weight excluding hydrogens is 378 g/mol. The molecule has 3 rings (SSSR count). The molecule has 0 saturated carbocycles. The van der Waals surface area contributed by atoms with Crippen LogP contribution in [0.4, 0.5) is 11.4 Å². The second-order valence-electron chi connectivity index (χ2n) is 5.68. The number of fused-ring (bicyclic) bond motifs is 1. The highest BCUT2D eigenvalue weighted by atomic mass is 35.5. The Kier molecular flexibility index (Phi) is 5.13. The first-order valence-corrected chi connectivity index (χ1v) is 8.18. The first-order valence-electron chi connectivity index (χ1n) is 7.80. The number of halogens is 1. The summed E-state index contributed by atoms with van der Waals surface area (Å²) in [5.74, 6) is -0.00886. The summed E-state index contributed by atoms with van der Waals surface area (Å²) in [5.41, 5.74) is 0.114. The summed E-state index contributed by atoms with van der Waals surface area (Å²) in [7, 11) is 0. The van der Waals surface area contributed by atoms with Crippen molar-refractivity contribution in [2.75, 3.05) is 12.1 Å². The van der Waals surface area contributed by atoms with E-state index in [0.717, 1.165) is 6.07 Å². The van der Waals surface area contributed by atoms with Gasteiger partial charge in [0.15, 0.2) is 11.5 Å². The van der Waals surface area contributed by atoms with Crippen molar-refractivity contribution < 1.29 is 24.0 Å². The van der Waals surface area contributed by atoms with Crippen molar-refractivity contribution >= 4 is 34.8 Å². The Labute approximate surface area is 158 Å². The first kappa shape index (κ1) is 18.5. The highest BCUT2D eigenvalue weighted by Crippen LogP contribution is 2.34. The summed E-state index contributed by atoms with van der Waals surface area (Å²) in [6, 6.07) is 7.67. The number of carbonyl (C=O) groups is 2. The van der Waals surface area contributed by atoms with Crippen molar-refractivity contribution in [2.24, 2.45) is 0 Å². The third kappa shape index (κ3) is 4.09. The van der Waals surface area contributed by atoms with Gasteiger partial charge in [-0.15, -0.1) is 0 Å². The number of nitrogens with zero attached hydrogens (tertiary/aromatic N) is 1. The Bertz CT molecular complexity index is 933. The number of amides is 2. The topological polar surface area (TPSA) is 120 Å². The molecule has 9 nitrogen and oxygen atoms in total. The molecule has 1 atom stereocenters. The highest BCUT2D eigenvalue weighted by molar-refractivity contribution is 6.32. The van der Waals surface area contributed by atoms with Crippen LogP contribution in [0.2, 0.25) is 5.02 Å². The zero-order valence-corrected chi connectivity index (χ0v) is 14.8. The molecule has 140 valence electrons. The Morgan fingerprint density at radius 3 is 2.67 bits per heavy atom. The lowest BCUT2D eigenvalue weighted by Crippen LogP contribution is -2.41. The molecule has 0 saturated heterocycles. The van der Waals surface area contributed by atoms with Crippen LogP contribution in [-0.2, 0) is 4.79 Å². The number of nitrogens with one attached hydrogen (secondary N) is 2. The molecule has 1 aliphatic heterocycles. The van der Waals surface area contributed by atoms with Crippen molar-refractivity contribution in [2.45, 2.75) is 13.0 Å². The van der Waals surface area contributed by atoms with Crippen LogP contribution in [-0.4, -0.2) is 29.6 Å². The molecule has 2 aromatic rings. The Balaban J connectivity index is 1.65. The Morgan fingerprint density at radius 2 is 1.93 bits per heavy atom. The number of nitro benzene ring substituents is 1. The Hall–Kier alpha value is -3.33. The average Bonchev–Trinajstić information content (AvgIpc) is 3.09. The smallest absolute Gasteiger partial charge is 0.288 e. The molecule has 1 aliphatic rings. The molecule has 0 aromatic heterocycles. The van der Waals surface area contributed by atoms with Crippen LogP contribution in [0.1, 0.15) is 17.3 Å². The predicted octanol–water partition coefficient (Wildman–Crippen LogP) is 2.73. The van der Waals surface area contributed by atoms with Crippen molar-refractivity contribution in [3.63, 3.8) is 0 Å². The fourth-order valence-electron chi connectivity index (χ4n) is 2.36. The minimum Gasteiger partial charge on any atom is -0.454 e. The molecule has 0 spiro atoms. The number of nitro groups is 1. The number of carbonyl (C=O) groups excluding carboxylic acids is 2.